The SMILES string of the molecule is N#Cc1ccc(S(=O)(=O)C2=CCCC=C2)cc1. The standard InChI is InChI=1S/C13H11NO2S/c14-10-11-6-8-13(9-7-11)17(15,16)12-4-2-1-3-5-12/h2,4-9H,1,3H2. The van der Waals surface area contributed by atoms with E-state index in [1.54, 1.807) is 12.2 Å². The smallest absolute Gasteiger partial charge is 0.206 e. The van der Waals surface area contributed by atoms with Crippen molar-refractivity contribution in [2.24, 2.45) is 0 Å². The van der Waals surface area contributed by atoms with Gasteiger partial charge >= 0.3 is 0 Å². The molecule has 3 nitrogen and oxygen atoms in total. The third kappa shape index (κ3) is 2.29. The molecule has 1 aromatic carbocycles. The van der Waals surface area contributed by atoms with Crippen LogP contribution in [0.2, 0.25) is 0 Å². The quantitative estimate of drug-likeness (QED) is 0.804. The van der Waals surface area contributed by atoms with E-state index in [4.69, 9.17) is 5.26 Å². The summed E-state index contributed by atoms with van der Waals surface area (Å²) < 4.78 is 24.4. The highest BCUT2D eigenvalue weighted by atomic mass is 32.2. The fourth-order valence-electron chi connectivity index (χ4n) is 1.63. The fraction of sp³-hybridized carbons (Fsp3) is 0.154. The molecule has 0 saturated heterocycles. The fourth-order valence-corrected chi connectivity index (χ4v) is 3.01. The first-order valence-corrected chi connectivity index (χ1v) is 6.75. The zero-order valence-corrected chi connectivity index (χ0v) is 9.94. The van der Waals surface area contributed by atoms with E-state index in [2.05, 4.69) is 0 Å². The van der Waals surface area contributed by atoms with Crippen LogP contribution in [0.15, 0.2) is 52.3 Å². The molecular weight excluding hydrogens is 234 g/mol. The van der Waals surface area contributed by atoms with Gasteiger partial charge in [-0.15, -0.1) is 0 Å². The van der Waals surface area contributed by atoms with Crippen molar-refractivity contribution in [1.82, 2.24) is 0 Å². The van der Waals surface area contributed by atoms with Gasteiger partial charge in [0.25, 0.3) is 0 Å². The highest BCUT2D eigenvalue weighted by molar-refractivity contribution is 7.95. The summed E-state index contributed by atoms with van der Waals surface area (Å²) >= 11 is 0. The Hall–Kier alpha value is -1.86. The van der Waals surface area contributed by atoms with Crippen LogP contribution in [-0.2, 0) is 9.84 Å². The molecule has 1 aromatic rings. The van der Waals surface area contributed by atoms with Gasteiger partial charge in [0.15, 0.2) is 0 Å². The summed E-state index contributed by atoms with van der Waals surface area (Å²) in [6, 6.07) is 7.93. The number of sulfone groups is 1. The van der Waals surface area contributed by atoms with Gasteiger partial charge in [-0.2, -0.15) is 5.26 Å². The average molecular weight is 245 g/mol. The van der Waals surface area contributed by atoms with Crippen LogP contribution >= 0.6 is 0 Å². The lowest BCUT2D eigenvalue weighted by Crippen LogP contribution is -2.04. The lowest BCUT2D eigenvalue weighted by molar-refractivity contribution is 0.602. The molecular formula is C13H11NO2S. The van der Waals surface area contributed by atoms with Crippen molar-refractivity contribution < 1.29 is 8.42 Å². The molecule has 0 spiro atoms. The van der Waals surface area contributed by atoms with Crippen molar-refractivity contribution in [2.45, 2.75) is 17.7 Å². The third-order valence-electron chi connectivity index (χ3n) is 2.56. The molecule has 0 aromatic heterocycles. The minimum absolute atomic E-state index is 0.231. The van der Waals surface area contributed by atoms with Gasteiger partial charge < -0.3 is 0 Å². The second-order valence-corrected chi connectivity index (χ2v) is 5.68. The van der Waals surface area contributed by atoms with E-state index < -0.39 is 9.84 Å². The summed E-state index contributed by atoms with van der Waals surface area (Å²) in [5.74, 6) is 0. The molecule has 0 aliphatic heterocycles. The lowest BCUT2D eigenvalue weighted by atomic mass is 10.2. The molecule has 1 aliphatic rings. The van der Waals surface area contributed by atoms with Crippen LogP contribution < -0.4 is 0 Å². The van der Waals surface area contributed by atoms with Gasteiger partial charge in [-0.05, 0) is 43.2 Å². The highest BCUT2D eigenvalue weighted by Gasteiger charge is 2.19. The third-order valence-corrected chi connectivity index (χ3v) is 4.38. The number of hydrogen-bond donors (Lipinski definition) is 0. The molecule has 0 fully saturated rings. The Kier molecular flexibility index (Phi) is 3.12. The number of allylic oxidation sites excluding steroid dienone is 3. The van der Waals surface area contributed by atoms with Crippen LogP contribution in [0, 0.1) is 11.3 Å². The van der Waals surface area contributed by atoms with E-state index in [9.17, 15) is 8.42 Å². The van der Waals surface area contributed by atoms with Gasteiger partial charge in [-0.25, -0.2) is 8.42 Å². The Bertz CT molecular complexity index is 616. The molecule has 2 rings (SSSR count). The lowest BCUT2D eigenvalue weighted by Gasteiger charge is -2.08. The monoisotopic (exact) mass is 245 g/mol. The largest absolute Gasteiger partial charge is 0.219 e. The van der Waals surface area contributed by atoms with E-state index in [0.29, 0.717) is 10.5 Å². The van der Waals surface area contributed by atoms with Gasteiger partial charge in [-0.1, -0.05) is 12.2 Å². The van der Waals surface area contributed by atoms with Crippen LogP contribution in [0.3, 0.4) is 0 Å². The Morgan fingerprint density at radius 3 is 2.35 bits per heavy atom. The Morgan fingerprint density at radius 2 is 1.82 bits per heavy atom. The van der Waals surface area contributed by atoms with Gasteiger partial charge in [0.1, 0.15) is 0 Å². The van der Waals surface area contributed by atoms with Crippen LogP contribution in [-0.4, -0.2) is 8.42 Å². The van der Waals surface area contributed by atoms with Crippen LogP contribution in [0.4, 0.5) is 0 Å². The molecule has 0 heterocycles. The molecule has 0 atom stereocenters. The topological polar surface area (TPSA) is 57.9 Å². The molecule has 0 unspecified atom stereocenters. The minimum Gasteiger partial charge on any atom is -0.219 e. The van der Waals surface area contributed by atoms with Gasteiger partial charge in [0, 0.05) is 0 Å². The maximum atomic E-state index is 12.2. The first-order valence-electron chi connectivity index (χ1n) is 5.26. The van der Waals surface area contributed by atoms with Crippen LogP contribution in [0.1, 0.15) is 18.4 Å². The normalized spacial score (nSPS) is 15.1. The number of nitriles is 1. The zero-order chi connectivity index (χ0) is 12.3. The average Bonchev–Trinajstić information content (AvgIpc) is 2.40. The van der Waals surface area contributed by atoms with E-state index in [1.807, 2.05) is 12.1 Å². The summed E-state index contributed by atoms with van der Waals surface area (Å²) in [5.41, 5.74) is 0.456. The van der Waals surface area contributed by atoms with E-state index >= 15 is 0 Å². The Balaban J connectivity index is 2.42. The predicted molar refractivity (Wildman–Crippen MR) is 64.8 cm³/mol. The summed E-state index contributed by atoms with van der Waals surface area (Å²) in [6.07, 6.45) is 6.86. The second kappa shape index (κ2) is 4.56. The first kappa shape index (κ1) is 11.6. The zero-order valence-electron chi connectivity index (χ0n) is 9.13. The number of rotatable bonds is 2. The second-order valence-electron chi connectivity index (χ2n) is 3.73. The molecule has 0 N–H and O–H groups in total. The molecule has 1 aliphatic carbocycles. The molecule has 86 valence electrons. The van der Waals surface area contributed by atoms with Gasteiger partial charge in [-0.3, -0.25) is 0 Å². The van der Waals surface area contributed by atoms with E-state index in [-0.39, 0.29) is 4.90 Å². The van der Waals surface area contributed by atoms with Crippen molar-refractivity contribution in [3.8, 4) is 6.07 Å². The van der Waals surface area contributed by atoms with Crippen molar-refractivity contribution in [1.29, 1.82) is 5.26 Å². The molecule has 0 saturated carbocycles. The molecule has 0 bridgehead atoms. The summed E-state index contributed by atoms with van der Waals surface area (Å²) in [5, 5.41) is 8.66. The van der Waals surface area contributed by atoms with E-state index in [0.717, 1.165) is 12.8 Å². The van der Waals surface area contributed by atoms with Crippen molar-refractivity contribution >= 4 is 9.84 Å². The van der Waals surface area contributed by atoms with Gasteiger partial charge in [0.05, 0.1) is 21.4 Å². The molecule has 0 radical (unpaired) electrons. The molecule has 4 heteroatoms. The summed E-state index contributed by atoms with van der Waals surface area (Å²) in [6.45, 7) is 0. The van der Waals surface area contributed by atoms with Crippen LogP contribution in [0.5, 0.6) is 0 Å². The maximum absolute atomic E-state index is 12.2. The predicted octanol–water partition coefficient (Wildman–Crippen LogP) is 2.57. The maximum Gasteiger partial charge on any atom is 0.206 e. The van der Waals surface area contributed by atoms with E-state index in [1.165, 1.54) is 24.3 Å². The molecule has 0 amide bonds. The van der Waals surface area contributed by atoms with Crippen molar-refractivity contribution in [3.05, 3.63) is 53.0 Å². The first-order chi connectivity index (χ1) is 8.14. The number of benzene rings is 1. The molecule has 17 heavy (non-hydrogen) atoms. The summed E-state index contributed by atoms with van der Waals surface area (Å²) in [7, 11) is -3.42. The van der Waals surface area contributed by atoms with Crippen molar-refractivity contribution in [2.75, 3.05) is 0 Å². The minimum atomic E-state index is -3.42. The summed E-state index contributed by atoms with van der Waals surface area (Å²) in [4.78, 5) is 0.572. The number of hydrogen-bond acceptors (Lipinski definition) is 3. The highest BCUT2D eigenvalue weighted by Crippen LogP contribution is 2.23. The van der Waals surface area contributed by atoms with Crippen LogP contribution in [0.25, 0.3) is 0 Å². The number of nitrogens with zero attached hydrogens (tertiary/aromatic N) is 1. The Morgan fingerprint density at radius 1 is 1.12 bits per heavy atom. The van der Waals surface area contributed by atoms with Gasteiger partial charge in [0.2, 0.25) is 9.84 Å². The van der Waals surface area contributed by atoms with Crippen molar-refractivity contribution in [3.63, 3.8) is 0 Å². The Labute approximate surface area is 101 Å².